The number of rotatable bonds is 6. The van der Waals surface area contributed by atoms with Gasteiger partial charge in [0.1, 0.15) is 11.5 Å². The minimum Gasteiger partial charge on any atom is -0.456 e. The van der Waals surface area contributed by atoms with E-state index in [0.29, 0.717) is 17.7 Å². The first-order valence-electron chi connectivity index (χ1n) is 9.43. The zero-order valence-corrected chi connectivity index (χ0v) is 15.5. The predicted molar refractivity (Wildman–Crippen MR) is 98.6 cm³/mol. The molecule has 0 bridgehead atoms. The van der Waals surface area contributed by atoms with E-state index < -0.39 is 0 Å². The average molecular weight is 354 g/mol. The Kier molecular flexibility index (Phi) is 4.93. The highest BCUT2D eigenvalue weighted by molar-refractivity contribution is 5.45. The maximum atomic E-state index is 5.86. The van der Waals surface area contributed by atoms with Gasteiger partial charge in [0.15, 0.2) is 5.76 Å². The molecule has 0 spiro atoms. The van der Waals surface area contributed by atoms with E-state index in [2.05, 4.69) is 10.00 Å². The summed E-state index contributed by atoms with van der Waals surface area (Å²) in [6, 6.07) is 6.40. The third-order valence-corrected chi connectivity index (χ3v) is 5.20. The van der Waals surface area contributed by atoms with E-state index in [-0.39, 0.29) is 0 Å². The number of oxazole rings is 1. The van der Waals surface area contributed by atoms with Crippen molar-refractivity contribution in [2.75, 3.05) is 6.54 Å². The lowest BCUT2D eigenvalue weighted by atomic mass is 9.99. The van der Waals surface area contributed by atoms with Crippen LogP contribution in [-0.2, 0) is 13.1 Å². The fraction of sp³-hybridized carbons (Fsp3) is 0.500. The molecule has 1 atom stereocenters. The summed E-state index contributed by atoms with van der Waals surface area (Å²) in [5, 5.41) is 4.32. The number of nitrogens with zero attached hydrogens (tertiary/aromatic N) is 4. The minimum atomic E-state index is 0.568. The first kappa shape index (κ1) is 17.1. The Morgan fingerprint density at radius 2 is 2.12 bits per heavy atom. The molecule has 0 saturated carbocycles. The summed E-state index contributed by atoms with van der Waals surface area (Å²) in [6.45, 7) is 6.83. The van der Waals surface area contributed by atoms with Crippen LogP contribution in [0.15, 0.2) is 39.4 Å². The molecule has 1 aliphatic rings. The average Bonchev–Trinajstić information content (AvgIpc) is 3.37. The van der Waals surface area contributed by atoms with Gasteiger partial charge in [-0.25, -0.2) is 4.98 Å². The minimum absolute atomic E-state index is 0.568. The summed E-state index contributed by atoms with van der Waals surface area (Å²) in [5.74, 6) is 3.03. The van der Waals surface area contributed by atoms with Crippen molar-refractivity contribution in [3.63, 3.8) is 0 Å². The lowest BCUT2D eigenvalue weighted by molar-refractivity contribution is 0.125. The normalized spacial score (nSPS) is 18.5. The van der Waals surface area contributed by atoms with Crippen LogP contribution in [0.4, 0.5) is 0 Å². The number of aryl methyl sites for hydroxylation is 3. The van der Waals surface area contributed by atoms with E-state index >= 15 is 0 Å². The van der Waals surface area contributed by atoms with Gasteiger partial charge in [-0.1, -0.05) is 6.42 Å². The van der Waals surface area contributed by atoms with Crippen LogP contribution < -0.4 is 0 Å². The molecule has 0 radical (unpaired) electrons. The Labute approximate surface area is 153 Å². The monoisotopic (exact) mass is 354 g/mol. The van der Waals surface area contributed by atoms with Crippen molar-refractivity contribution in [3.05, 3.63) is 47.8 Å². The van der Waals surface area contributed by atoms with Crippen LogP contribution in [0.1, 0.15) is 42.9 Å². The van der Waals surface area contributed by atoms with Gasteiger partial charge in [0.2, 0.25) is 0 Å². The zero-order chi connectivity index (χ0) is 17.9. The summed E-state index contributed by atoms with van der Waals surface area (Å²) in [7, 11) is 0. The first-order valence-corrected chi connectivity index (χ1v) is 9.43. The summed E-state index contributed by atoms with van der Waals surface area (Å²) in [4.78, 5) is 7.26. The second-order valence-corrected chi connectivity index (χ2v) is 7.11. The molecule has 6 heteroatoms. The van der Waals surface area contributed by atoms with E-state index in [4.69, 9.17) is 13.8 Å². The Balaban J connectivity index is 1.45. The molecule has 0 N–H and O–H groups in total. The molecule has 138 valence electrons. The maximum Gasteiger partial charge on any atom is 0.263 e. The van der Waals surface area contributed by atoms with Crippen LogP contribution in [0.2, 0.25) is 0 Å². The Morgan fingerprint density at radius 1 is 1.19 bits per heavy atom. The second kappa shape index (κ2) is 7.50. The maximum absolute atomic E-state index is 5.86. The Bertz CT molecular complexity index is 834. The molecule has 26 heavy (non-hydrogen) atoms. The van der Waals surface area contributed by atoms with E-state index in [1.165, 1.54) is 19.3 Å². The van der Waals surface area contributed by atoms with Gasteiger partial charge >= 0.3 is 0 Å². The van der Waals surface area contributed by atoms with Gasteiger partial charge in [-0.15, -0.1) is 0 Å². The van der Waals surface area contributed by atoms with Gasteiger partial charge in [-0.3, -0.25) is 9.58 Å². The Hall–Kier alpha value is -2.34. The molecular formula is C20H26N4O2. The molecule has 1 saturated heterocycles. The summed E-state index contributed by atoms with van der Waals surface area (Å²) >= 11 is 0. The lowest BCUT2D eigenvalue weighted by Crippen LogP contribution is -2.39. The van der Waals surface area contributed by atoms with Crippen molar-refractivity contribution in [3.8, 4) is 11.7 Å². The third-order valence-electron chi connectivity index (χ3n) is 5.20. The van der Waals surface area contributed by atoms with Gasteiger partial charge in [0.05, 0.1) is 5.69 Å². The van der Waals surface area contributed by atoms with Gasteiger partial charge in [-0.2, -0.15) is 5.10 Å². The highest BCUT2D eigenvalue weighted by Gasteiger charge is 2.25. The van der Waals surface area contributed by atoms with Crippen LogP contribution in [-0.4, -0.2) is 32.3 Å². The topological polar surface area (TPSA) is 60.2 Å². The fourth-order valence-corrected chi connectivity index (χ4v) is 3.73. The molecule has 1 fully saturated rings. The lowest BCUT2D eigenvalue weighted by Gasteiger charge is -2.35. The second-order valence-electron chi connectivity index (χ2n) is 7.11. The van der Waals surface area contributed by atoms with Crippen molar-refractivity contribution >= 4 is 0 Å². The van der Waals surface area contributed by atoms with Gasteiger partial charge in [-0.05, 0) is 57.9 Å². The highest BCUT2D eigenvalue weighted by Crippen LogP contribution is 2.27. The molecule has 4 rings (SSSR count). The van der Waals surface area contributed by atoms with E-state index in [1.54, 1.807) is 0 Å². The highest BCUT2D eigenvalue weighted by atomic mass is 16.4. The predicted octanol–water partition coefficient (Wildman–Crippen LogP) is 4.19. The number of hydrogen-bond acceptors (Lipinski definition) is 5. The number of likely N-dealkylation sites (tertiary alicyclic amines) is 1. The van der Waals surface area contributed by atoms with Crippen molar-refractivity contribution in [2.24, 2.45) is 0 Å². The standard InChI is InChI=1S/C20H26N4O2/c1-15-7-8-19(25-15)20-22-18(16(2)26-20)14-23-11-4-3-6-17(23)9-13-24-12-5-10-21-24/h5,7-8,10,12,17H,3-4,6,9,11,13-14H2,1-2H3. The molecule has 3 aromatic rings. The molecule has 0 aromatic carbocycles. The smallest absolute Gasteiger partial charge is 0.263 e. The fourth-order valence-electron chi connectivity index (χ4n) is 3.73. The van der Waals surface area contributed by atoms with Gasteiger partial charge in [0, 0.05) is 31.5 Å². The number of furan rings is 1. The SMILES string of the molecule is Cc1ccc(-c2nc(CN3CCCCC3CCn3cccn3)c(C)o2)o1. The van der Waals surface area contributed by atoms with Crippen LogP contribution in [0.5, 0.6) is 0 Å². The molecule has 0 aliphatic carbocycles. The van der Waals surface area contributed by atoms with E-state index in [9.17, 15) is 0 Å². The summed E-state index contributed by atoms with van der Waals surface area (Å²) < 4.78 is 13.5. The van der Waals surface area contributed by atoms with Crippen LogP contribution in [0.25, 0.3) is 11.7 Å². The third kappa shape index (κ3) is 3.75. The van der Waals surface area contributed by atoms with Crippen LogP contribution in [0.3, 0.4) is 0 Å². The van der Waals surface area contributed by atoms with Crippen molar-refractivity contribution < 1.29 is 8.83 Å². The number of aromatic nitrogens is 3. The molecule has 6 nitrogen and oxygen atoms in total. The Morgan fingerprint density at radius 3 is 2.88 bits per heavy atom. The zero-order valence-electron chi connectivity index (χ0n) is 15.5. The molecule has 3 aromatic heterocycles. The summed E-state index contributed by atoms with van der Waals surface area (Å²) in [6.07, 6.45) is 8.78. The molecular weight excluding hydrogens is 328 g/mol. The van der Waals surface area contributed by atoms with Crippen molar-refractivity contribution in [2.45, 2.75) is 58.7 Å². The van der Waals surface area contributed by atoms with Gasteiger partial charge < -0.3 is 8.83 Å². The van der Waals surface area contributed by atoms with Crippen molar-refractivity contribution in [1.29, 1.82) is 0 Å². The van der Waals surface area contributed by atoms with E-state index in [1.807, 2.05) is 49.1 Å². The molecule has 4 heterocycles. The van der Waals surface area contributed by atoms with Crippen molar-refractivity contribution in [1.82, 2.24) is 19.7 Å². The quantitative estimate of drug-likeness (QED) is 0.664. The number of hydrogen-bond donors (Lipinski definition) is 0. The molecule has 1 aliphatic heterocycles. The van der Waals surface area contributed by atoms with Crippen LogP contribution >= 0.6 is 0 Å². The largest absolute Gasteiger partial charge is 0.456 e. The first-order chi connectivity index (χ1) is 12.7. The summed E-state index contributed by atoms with van der Waals surface area (Å²) in [5.41, 5.74) is 1.01. The number of piperidine rings is 1. The molecule has 1 unspecified atom stereocenters. The van der Waals surface area contributed by atoms with E-state index in [0.717, 1.165) is 43.3 Å². The van der Waals surface area contributed by atoms with Gasteiger partial charge in [0.25, 0.3) is 5.89 Å². The van der Waals surface area contributed by atoms with Crippen LogP contribution in [0, 0.1) is 13.8 Å². The molecule has 0 amide bonds.